The molecule has 0 saturated carbocycles. The lowest BCUT2D eigenvalue weighted by atomic mass is 10.1. The smallest absolute Gasteiger partial charge is 0.239 e. The van der Waals surface area contributed by atoms with Gasteiger partial charge in [0.25, 0.3) is 0 Å². The van der Waals surface area contributed by atoms with Gasteiger partial charge in [-0.05, 0) is 48.0 Å². The number of anilines is 1. The first-order valence-corrected chi connectivity index (χ1v) is 10.4. The molecule has 31 heavy (non-hydrogen) atoms. The van der Waals surface area contributed by atoms with Crippen LogP contribution in [0.2, 0.25) is 0 Å². The molecular formula is C27H26N3O+. The predicted octanol–water partition coefficient (Wildman–Crippen LogP) is 4.21. The molecule has 0 aliphatic rings. The first-order chi connectivity index (χ1) is 15.1. The van der Waals surface area contributed by atoms with Gasteiger partial charge in [0.05, 0.1) is 12.5 Å². The number of rotatable bonds is 4. The van der Waals surface area contributed by atoms with Crippen molar-refractivity contribution in [3.05, 3.63) is 89.6 Å². The van der Waals surface area contributed by atoms with Crippen molar-refractivity contribution in [1.29, 1.82) is 0 Å². The minimum atomic E-state index is 0.888. The molecule has 0 atom stereocenters. The Bertz CT molecular complexity index is 1430. The van der Waals surface area contributed by atoms with Gasteiger partial charge >= 0.3 is 0 Å². The lowest BCUT2D eigenvalue weighted by Crippen LogP contribution is -2.36. The van der Waals surface area contributed by atoms with Gasteiger partial charge in [-0.2, -0.15) is 0 Å². The third-order valence-corrected chi connectivity index (χ3v) is 5.94. The van der Waals surface area contributed by atoms with Gasteiger partial charge in [-0.1, -0.05) is 36.4 Å². The number of aryl methyl sites for hydroxylation is 1. The standard InChI is InChI=1S/C27H26N3O/c1-28(2)21-15-13-19(14-16-21)17-22-25-18-24(20-9-6-5-7-10-20)29(3)30(25)23-11-8-12-26(31-4)27(22)23/h5-18H,1-4H3/q+1. The Morgan fingerprint density at radius 3 is 2.29 bits per heavy atom. The summed E-state index contributed by atoms with van der Waals surface area (Å²) >= 11 is 0. The van der Waals surface area contributed by atoms with Gasteiger partial charge in [0.15, 0.2) is 7.05 Å². The largest absolute Gasteiger partial charge is 0.496 e. The zero-order chi connectivity index (χ0) is 21.5. The van der Waals surface area contributed by atoms with Crippen LogP contribution in [-0.4, -0.2) is 25.7 Å². The minimum Gasteiger partial charge on any atom is -0.496 e. The maximum Gasteiger partial charge on any atom is 0.239 e. The fourth-order valence-electron chi connectivity index (χ4n) is 4.36. The Hall–Kier alpha value is -3.79. The van der Waals surface area contributed by atoms with Crippen molar-refractivity contribution in [2.24, 2.45) is 7.05 Å². The van der Waals surface area contributed by atoms with Crippen LogP contribution in [0.15, 0.2) is 78.9 Å². The van der Waals surface area contributed by atoms with Crippen molar-refractivity contribution >= 4 is 28.2 Å². The van der Waals surface area contributed by atoms with Gasteiger partial charge in [-0.3, -0.25) is 0 Å². The van der Waals surface area contributed by atoms with E-state index in [1.165, 1.54) is 22.2 Å². The molecule has 0 N–H and O–H groups in total. The quantitative estimate of drug-likeness (QED) is 0.416. The summed E-state index contributed by atoms with van der Waals surface area (Å²) in [6.45, 7) is 0. The SMILES string of the molecule is COc1cccc2c1/c(=C/c1ccc(N(C)C)cc1)c1cc(-c3ccccc3)[n+](C)n12. The van der Waals surface area contributed by atoms with E-state index in [1.807, 2.05) is 6.07 Å². The van der Waals surface area contributed by atoms with Crippen molar-refractivity contribution < 1.29 is 9.42 Å². The van der Waals surface area contributed by atoms with Crippen LogP contribution in [0.5, 0.6) is 5.75 Å². The molecular weight excluding hydrogens is 382 g/mol. The third kappa shape index (κ3) is 3.12. The van der Waals surface area contributed by atoms with E-state index in [-0.39, 0.29) is 0 Å². The van der Waals surface area contributed by atoms with E-state index in [1.54, 1.807) is 7.11 Å². The van der Waals surface area contributed by atoms with Gasteiger partial charge in [0.2, 0.25) is 5.69 Å². The highest BCUT2D eigenvalue weighted by molar-refractivity contribution is 5.94. The topological polar surface area (TPSA) is 20.8 Å². The second-order valence-electron chi connectivity index (χ2n) is 8.01. The lowest BCUT2D eigenvalue weighted by Gasteiger charge is -2.11. The van der Waals surface area contributed by atoms with Gasteiger partial charge in [-0.15, -0.1) is 9.20 Å². The van der Waals surface area contributed by atoms with Crippen LogP contribution in [0, 0.1) is 0 Å². The molecule has 4 nitrogen and oxygen atoms in total. The number of nitrogens with zero attached hydrogens (tertiary/aromatic N) is 3. The van der Waals surface area contributed by atoms with Crippen molar-refractivity contribution in [1.82, 2.24) is 4.52 Å². The van der Waals surface area contributed by atoms with Crippen molar-refractivity contribution in [2.75, 3.05) is 26.1 Å². The van der Waals surface area contributed by atoms with E-state index in [0.717, 1.165) is 27.7 Å². The fourth-order valence-corrected chi connectivity index (χ4v) is 4.36. The van der Waals surface area contributed by atoms with E-state index in [0.29, 0.717) is 0 Å². The second kappa shape index (κ2) is 7.47. The lowest BCUT2D eigenvalue weighted by molar-refractivity contribution is -0.725. The number of hydrogen-bond donors (Lipinski definition) is 0. The van der Waals surface area contributed by atoms with E-state index in [4.69, 9.17) is 4.74 Å². The Morgan fingerprint density at radius 2 is 1.61 bits per heavy atom. The maximum absolute atomic E-state index is 5.76. The van der Waals surface area contributed by atoms with Crippen molar-refractivity contribution in [3.8, 4) is 17.0 Å². The second-order valence-corrected chi connectivity index (χ2v) is 8.01. The molecule has 3 aromatic carbocycles. The summed E-state index contributed by atoms with van der Waals surface area (Å²) in [5.74, 6) is 0.888. The highest BCUT2D eigenvalue weighted by Crippen LogP contribution is 2.27. The number of hydrogen-bond acceptors (Lipinski definition) is 2. The molecule has 0 unspecified atom stereocenters. The van der Waals surface area contributed by atoms with Crippen LogP contribution < -0.4 is 19.5 Å². The Morgan fingerprint density at radius 1 is 0.871 bits per heavy atom. The maximum atomic E-state index is 5.76. The monoisotopic (exact) mass is 408 g/mol. The van der Waals surface area contributed by atoms with Crippen molar-refractivity contribution in [2.45, 2.75) is 0 Å². The molecule has 5 rings (SSSR count). The predicted molar refractivity (Wildman–Crippen MR) is 128 cm³/mol. The number of aromatic nitrogens is 2. The Balaban J connectivity index is 1.84. The highest BCUT2D eigenvalue weighted by atomic mass is 16.5. The Labute approximate surface area is 182 Å². The molecule has 0 radical (unpaired) electrons. The molecule has 4 heteroatoms. The van der Waals surface area contributed by atoms with Crippen LogP contribution in [0.1, 0.15) is 5.56 Å². The minimum absolute atomic E-state index is 0.888. The first kappa shape index (κ1) is 19.2. The summed E-state index contributed by atoms with van der Waals surface area (Å²) in [4.78, 5) is 2.11. The van der Waals surface area contributed by atoms with E-state index >= 15 is 0 Å². The fraction of sp³-hybridized carbons (Fsp3) is 0.148. The van der Waals surface area contributed by atoms with Crippen LogP contribution in [-0.2, 0) is 7.05 Å². The van der Waals surface area contributed by atoms with Crippen LogP contribution >= 0.6 is 0 Å². The number of benzene rings is 3. The van der Waals surface area contributed by atoms with Gasteiger partial charge in [0.1, 0.15) is 16.8 Å². The normalized spacial score (nSPS) is 12.1. The zero-order valence-electron chi connectivity index (χ0n) is 18.3. The number of ether oxygens (including phenoxy) is 1. The third-order valence-electron chi connectivity index (χ3n) is 5.94. The summed E-state index contributed by atoms with van der Waals surface area (Å²) < 4.78 is 10.3. The summed E-state index contributed by atoms with van der Waals surface area (Å²) in [5.41, 5.74) is 7.03. The van der Waals surface area contributed by atoms with Crippen LogP contribution in [0.3, 0.4) is 0 Å². The van der Waals surface area contributed by atoms with Gasteiger partial charge in [-0.25, -0.2) is 0 Å². The molecule has 0 saturated heterocycles. The average molecular weight is 409 g/mol. The highest BCUT2D eigenvalue weighted by Gasteiger charge is 2.23. The first-order valence-electron chi connectivity index (χ1n) is 10.4. The van der Waals surface area contributed by atoms with Gasteiger partial charge in [0, 0.05) is 36.6 Å². The van der Waals surface area contributed by atoms with E-state index in [9.17, 15) is 0 Å². The summed E-state index contributed by atoms with van der Waals surface area (Å²) in [6, 6.07) is 27.7. The van der Waals surface area contributed by atoms with E-state index in [2.05, 4.69) is 114 Å². The number of methoxy groups -OCH3 is 1. The molecule has 154 valence electrons. The zero-order valence-corrected chi connectivity index (χ0v) is 18.3. The van der Waals surface area contributed by atoms with E-state index < -0.39 is 0 Å². The molecule has 0 fully saturated rings. The molecule has 0 spiro atoms. The summed E-state index contributed by atoms with van der Waals surface area (Å²) in [7, 11) is 7.97. The van der Waals surface area contributed by atoms with Crippen LogP contribution in [0.25, 0.3) is 33.8 Å². The summed E-state index contributed by atoms with van der Waals surface area (Å²) in [5, 5.41) is 2.30. The molecule has 0 aliphatic carbocycles. The van der Waals surface area contributed by atoms with Gasteiger partial charge < -0.3 is 9.64 Å². The molecule has 5 aromatic rings. The molecule has 0 bridgehead atoms. The number of fused-ring (bicyclic) bond motifs is 3. The molecule has 2 heterocycles. The average Bonchev–Trinajstić information content (AvgIpc) is 3.30. The molecule has 0 amide bonds. The van der Waals surface area contributed by atoms with Crippen LogP contribution in [0.4, 0.5) is 5.69 Å². The summed E-state index contributed by atoms with van der Waals surface area (Å²) in [6.07, 6.45) is 2.26. The molecule has 2 aromatic heterocycles. The molecule has 0 aliphatic heterocycles. The Kier molecular flexibility index (Phi) is 4.63. The van der Waals surface area contributed by atoms with Crippen molar-refractivity contribution in [3.63, 3.8) is 0 Å².